The molecule has 23 heavy (non-hydrogen) atoms. The van der Waals surface area contributed by atoms with Crippen LogP contribution in [0.3, 0.4) is 0 Å². The van der Waals surface area contributed by atoms with Gasteiger partial charge in [0.15, 0.2) is 11.8 Å². The molecule has 0 saturated heterocycles. The lowest BCUT2D eigenvalue weighted by Gasteiger charge is -2.15. The van der Waals surface area contributed by atoms with Crippen molar-refractivity contribution in [3.8, 4) is 11.6 Å². The molecule has 5 nitrogen and oxygen atoms in total. The van der Waals surface area contributed by atoms with E-state index in [1.165, 1.54) is 0 Å². The van der Waals surface area contributed by atoms with Crippen LogP contribution in [0.15, 0.2) is 36.4 Å². The van der Waals surface area contributed by atoms with E-state index in [0.717, 1.165) is 4.68 Å². The zero-order valence-corrected chi connectivity index (χ0v) is 12.2. The van der Waals surface area contributed by atoms with E-state index in [1.807, 2.05) is 0 Å². The molecule has 2 rings (SSSR count). The van der Waals surface area contributed by atoms with Crippen LogP contribution in [-0.2, 0) is 11.0 Å². The molecule has 1 heterocycles. The van der Waals surface area contributed by atoms with Crippen LogP contribution in [-0.4, -0.2) is 27.0 Å². The molecule has 0 fully saturated rings. The average Bonchev–Trinajstić information content (AvgIpc) is 2.91. The molecule has 0 aliphatic carbocycles. The lowest BCUT2D eigenvalue weighted by molar-refractivity contribution is -0.145. The molecular weight excluding hydrogens is 313 g/mol. The molecule has 0 aliphatic heterocycles. The topological polar surface area (TPSA) is 64.4 Å². The van der Waals surface area contributed by atoms with Gasteiger partial charge in [-0.1, -0.05) is 31.5 Å². The van der Waals surface area contributed by atoms with E-state index in [1.54, 1.807) is 37.3 Å². The van der Waals surface area contributed by atoms with Gasteiger partial charge in [0.25, 0.3) is 0 Å². The van der Waals surface area contributed by atoms with Crippen molar-refractivity contribution in [1.29, 1.82) is 0 Å². The highest BCUT2D eigenvalue weighted by atomic mass is 19.4. The normalized spacial score (nSPS) is 12.9. The fourth-order valence-electron chi connectivity index (χ4n) is 1.98. The molecule has 0 bridgehead atoms. The number of hydrogen-bond donors (Lipinski definition) is 1. The van der Waals surface area contributed by atoms with Crippen LogP contribution in [0.2, 0.25) is 0 Å². The van der Waals surface area contributed by atoms with Gasteiger partial charge >= 0.3 is 12.1 Å². The number of aliphatic carboxylic acids is 1. The van der Waals surface area contributed by atoms with E-state index in [-0.39, 0.29) is 12.3 Å². The smallest absolute Gasteiger partial charge is 0.435 e. The van der Waals surface area contributed by atoms with Gasteiger partial charge in [-0.15, -0.1) is 0 Å². The lowest BCUT2D eigenvalue weighted by Crippen LogP contribution is -2.27. The SMILES string of the molecule is CCCC(Oc1cc(C(F)(F)F)nn1-c1ccccc1)C(=O)O. The number of para-hydroxylation sites is 1. The van der Waals surface area contributed by atoms with Gasteiger partial charge in [0.2, 0.25) is 5.88 Å². The second-order valence-electron chi connectivity index (χ2n) is 4.85. The van der Waals surface area contributed by atoms with Crippen LogP contribution < -0.4 is 4.74 Å². The summed E-state index contributed by atoms with van der Waals surface area (Å²) >= 11 is 0. The van der Waals surface area contributed by atoms with E-state index >= 15 is 0 Å². The predicted molar refractivity (Wildman–Crippen MR) is 75.5 cm³/mol. The second kappa shape index (κ2) is 6.72. The van der Waals surface area contributed by atoms with E-state index in [2.05, 4.69) is 5.10 Å². The number of hydrogen-bond acceptors (Lipinski definition) is 3. The minimum Gasteiger partial charge on any atom is -0.479 e. The summed E-state index contributed by atoms with van der Waals surface area (Å²) in [5.74, 6) is -1.49. The van der Waals surface area contributed by atoms with Crippen molar-refractivity contribution >= 4 is 5.97 Å². The fourth-order valence-corrected chi connectivity index (χ4v) is 1.98. The van der Waals surface area contributed by atoms with E-state index in [9.17, 15) is 18.0 Å². The summed E-state index contributed by atoms with van der Waals surface area (Å²) in [7, 11) is 0. The molecule has 0 saturated carbocycles. The molecule has 0 spiro atoms. The highest BCUT2D eigenvalue weighted by molar-refractivity contribution is 5.72. The van der Waals surface area contributed by atoms with Gasteiger partial charge in [0.05, 0.1) is 5.69 Å². The Morgan fingerprint density at radius 2 is 2.00 bits per heavy atom. The third kappa shape index (κ3) is 4.02. The van der Waals surface area contributed by atoms with Gasteiger partial charge in [-0.3, -0.25) is 0 Å². The molecule has 1 aromatic carbocycles. The number of ether oxygens (including phenoxy) is 1. The molecule has 1 N–H and O–H groups in total. The number of aromatic nitrogens is 2. The third-order valence-electron chi connectivity index (χ3n) is 3.06. The minimum absolute atomic E-state index is 0.177. The quantitative estimate of drug-likeness (QED) is 0.881. The fraction of sp³-hybridized carbons (Fsp3) is 0.333. The van der Waals surface area contributed by atoms with Crippen molar-refractivity contribution in [2.45, 2.75) is 32.0 Å². The number of rotatable bonds is 6. The molecule has 8 heteroatoms. The Kier molecular flexibility index (Phi) is 4.92. The first-order valence-electron chi connectivity index (χ1n) is 6.95. The Morgan fingerprint density at radius 1 is 1.35 bits per heavy atom. The summed E-state index contributed by atoms with van der Waals surface area (Å²) in [6, 6.07) is 8.78. The number of halogens is 3. The first kappa shape index (κ1) is 16.9. The Bertz CT molecular complexity index is 668. The Morgan fingerprint density at radius 3 is 2.52 bits per heavy atom. The van der Waals surface area contributed by atoms with E-state index < -0.39 is 23.9 Å². The van der Waals surface area contributed by atoms with Crippen LogP contribution >= 0.6 is 0 Å². The molecule has 124 valence electrons. The van der Waals surface area contributed by atoms with Gasteiger partial charge in [0, 0.05) is 6.07 Å². The maximum Gasteiger partial charge on any atom is 0.435 e. The summed E-state index contributed by atoms with van der Waals surface area (Å²) in [6.45, 7) is 1.76. The number of carbonyl (C=O) groups is 1. The van der Waals surface area contributed by atoms with Gasteiger partial charge in [0.1, 0.15) is 0 Å². The van der Waals surface area contributed by atoms with Crippen molar-refractivity contribution in [3.05, 3.63) is 42.1 Å². The molecule has 1 unspecified atom stereocenters. The average molecular weight is 328 g/mol. The number of carboxylic acids is 1. The summed E-state index contributed by atoms with van der Waals surface area (Å²) in [5, 5.41) is 12.6. The Balaban J connectivity index is 2.44. The van der Waals surface area contributed by atoms with Crippen LogP contribution in [0.1, 0.15) is 25.5 Å². The molecule has 0 radical (unpaired) electrons. The zero-order chi connectivity index (χ0) is 17.0. The standard InChI is InChI=1S/C15H15F3N2O3/c1-2-6-11(14(21)22)23-13-9-12(15(16,17)18)19-20(13)10-7-4-3-5-8-10/h3-5,7-9,11H,2,6H2,1H3,(H,21,22). The first-order chi connectivity index (χ1) is 10.8. The van der Waals surface area contributed by atoms with Crippen molar-refractivity contribution < 1.29 is 27.8 Å². The molecule has 0 aliphatic rings. The van der Waals surface area contributed by atoms with Crippen molar-refractivity contribution in [3.63, 3.8) is 0 Å². The maximum absolute atomic E-state index is 12.9. The maximum atomic E-state index is 12.9. The Hall–Kier alpha value is -2.51. The summed E-state index contributed by atoms with van der Waals surface area (Å²) in [5.41, 5.74) is -0.796. The molecule has 0 amide bonds. The molecular formula is C15H15F3N2O3. The summed E-state index contributed by atoms with van der Waals surface area (Å²) in [6.07, 6.45) is -5.19. The monoisotopic (exact) mass is 328 g/mol. The molecule has 1 atom stereocenters. The largest absolute Gasteiger partial charge is 0.479 e. The second-order valence-corrected chi connectivity index (χ2v) is 4.85. The van der Waals surface area contributed by atoms with Crippen LogP contribution in [0.25, 0.3) is 5.69 Å². The number of alkyl halides is 3. The summed E-state index contributed by atoms with van der Waals surface area (Å²) < 4.78 is 44.9. The van der Waals surface area contributed by atoms with Gasteiger partial charge in [-0.2, -0.15) is 18.3 Å². The highest BCUT2D eigenvalue weighted by Gasteiger charge is 2.36. The molecule has 2 aromatic rings. The molecule has 1 aromatic heterocycles. The number of carboxylic acid groups (broad SMARTS) is 1. The third-order valence-corrected chi connectivity index (χ3v) is 3.06. The number of benzene rings is 1. The van der Waals surface area contributed by atoms with Crippen molar-refractivity contribution in [2.75, 3.05) is 0 Å². The van der Waals surface area contributed by atoms with Crippen LogP contribution in [0.5, 0.6) is 5.88 Å². The Labute approximate surface area is 130 Å². The van der Waals surface area contributed by atoms with Crippen LogP contribution in [0.4, 0.5) is 13.2 Å². The number of nitrogens with zero attached hydrogens (tertiary/aromatic N) is 2. The van der Waals surface area contributed by atoms with Crippen molar-refractivity contribution in [1.82, 2.24) is 9.78 Å². The van der Waals surface area contributed by atoms with Crippen molar-refractivity contribution in [2.24, 2.45) is 0 Å². The van der Waals surface area contributed by atoms with Crippen LogP contribution in [0, 0.1) is 0 Å². The highest BCUT2D eigenvalue weighted by Crippen LogP contribution is 2.32. The van der Waals surface area contributed by atoms with Gasteiger partial charge in [-0.25, -0.2) is 9.48 Å². The van der Waals surface area contributed by atoms with E-state index in [0.29, 0.717) is 18.2 Å². The van der Waals surface area contributed by atoms with E-state index in [4.69, 9.17) is 9.84 Å². The van der Waals surface area contributed by atoms with Gasteiger partial charge in [-0.05, 0) is 18.6 Å². The first-order valence-corrected chi connectivity index (χ1v) is 6.95. The minimum atomic E-state index is -4.65. The summed E-state index contributed by atoms with van der Waals surface area (Å²) in [4.78, 5) is 11.2. The predicted octanol–water partition coefficient (Wildman–Crippen LogP) is 3.52. The zero-order valence-electron chi connectivity index (χ0n) is 12.2. The lowest BCUT2D eigenvalue weighted by atomic mass is 10.2. The van der Waals surface area contributed by atoms with Gasteiger partial charge < -0.3 is 9.84 Å².